The summed E-state index contributed by atoms with van der Waals surface area (Å²) in [5.41, 5.74) is 5.88. The second kappa shape index (κ2) is 3.74. The van der Waals surface area contributed by atoms with E-state index in [2.05, 4.69) is 5.32 Å². The number of thiocarbonyl (C=S) groups is 1. The van der Waals surface area contributed by atoms with Gasteiger partial charge in [-0.25, -0.2) is 0 Å². The first-order chi connectivity index (χ1) is 7.05. The highest BCUT2D eigenvalue weighted by Gasteiger charge is 2.53. The van der Waals surface area contributed by atoms with Gasteiger partial charge in [0.05, 0.1) is 10.9 Å². The topological polar surface area (TPSA) is 55.1 Å². The van der Waals surface area contributed by atoms with Gasteiger partial charge in [-0.1, -0.05) is 12.2 Å². The minimum atomic E-state index is -0.338. The molecular weight excluding hydrogens is 208 g/mol. The van der Waals surface area contributed by atoms with Gasteiger partial charge in [0.2, 0.25) is 5.91 Å². The molecule has 0 spiro atoms. The van der Waals surface area contributed by atoms with Crippen LogP contribution in [-0.2, 0) is 4.79 Å². The molecule has 0 aliphatic heterocycles. The van der Waals surface area contributed by atoms with Gasteiger partial charge in [-0.3, -0.25) is 4.79 Å². The van der Waals surface area contributed by atoms with Gasteiger partial charge in [0.25, 0.3) is 0 Å². The largest absolute Gasteiger partial charge is 0.393 e. The molecule has 0 radical (unpaired) electrons. The first-order valence-electron chi connectivity index (χ1n) is 5.62. The standard InChI is InChI=1S/C11H18N2OS/c1-7(9(12)15)10(14)13-6-11(4-5-11)8-2-3-8/h7-8H,2-6H2,1H3,(H2,12,15)(H,13,14). The van der Waals surface area contributed by atoms with E-state index in [9.17, 15) is 4.79 Å². The molecule has 2 fully saturated rings. The third-order valence-electron chi connectivity index (χ3n) is 3.77. The van der Waals surface area contributed by atoms with Crippen LogP contribution in [0.15, 0.2) is 0 Å². The van der Waals surface area contributed by atoms with Crippen molar-refractivity contribution < 1.29 is 4.79 Å². The Morgan fingerprint density at radius 1 is 1.60 bits per heavy atom. The normalized spacial score (nSPS) is 24.3. The zero-order valence-corrected chi connectivity index (χ0v) is 9.90. The minimum Gasteiger partial charge on any atom is -0.393 e. The SMILES string of the molecule is CC(C(=O)NCC1(C2CC2)CC1)C(N)=S. The molecule has 0 heterocycles. The zero-order valence-electron chi connectivity index (χ0n) is 9.08. The number of hydrogen-bond acceptors (Lipinski definition) is 2. The third-order valence-corrected chi connectivity index (χ3v) is 4.12. The number of carbonyl (C=O) groups excluding carboxylic acids is 1. The van der Waals surface area contributed by atoms with Crippen molar-refractivity contribution in [1.29, 1.82) is 0 Å². The molecule has 0 aromatic heterocycles. The molecule has 0 bridgehead atoms. The number of rotatable bonds is 5. The van der Waals surface area contributed by atoms with Crippen LogP contribution < -0.4 is 11.1 Å². The molecule has 3 N–H and O–H groups in total. The van der Waals surface area contributed by atoms with Crippen LogP contribution in [0, 0.1) is 17.3 Å². The highest BCUT2D eigenvalue weighted by Crippen LogP contribution is 2.60. The number of nitrogens with one attached hydrogen (secondary N) is 1. The molecule has 0 aromatic carbocycles. The van der Waals surface area contributed by atoms with E-state index < -0.39 is 0 Å². The average Bonchev–Trinajstić information content (AvgIpc) is 3.01. The monoisotopic (exact) mass is 226 g/mol. The molecule has 0 aromatic rings. The lowest BCUT2D eigenvalue weighted by Crippen LogP contribution is -2.39. The Balaban J connectivity index is 1.78. The van der Waals surface area contributed by atoms with E-state index in [1.165, 1.54) is 25.7 Å². The second-order valence-corrected chi connectivity index (χ2v) is 5.45. The van der Waals surface area contributed by atoms with Crippen LogP contribution in [-0.4, -0.2) is 17.4 Å². The Kier molecular flexibility index (Phi) is 2.71. The molecule has 4 heteroatoms. The summed E-state index contributed by atoms with van der Waals surface area (Å²) in [6.07, 6.45) is 5.25. The molecule has 2 aliphatic rings. The van der Waals surface area contributed by atoms with Crippen molar-refractivity contribution in [3.8, 4) is 0 Å². The van der Waals surface area contributed by atoms with Crippen molar-refractivity contribution in [1.82, 2.24) is 5.32 Å². The van der Waals surface area contributed by atoms with Crippen LogP contribution in [0.1, 0.15) is 32.6 Å². The highest BCUT2D eigenvalue weighted by atomic mass is 32.1. The van der Waals surface area contributed by atoms with Gasteiger partial charge < -0.3 is 11.1 Å². The van der Waals surface area contributed by atoms with Crippen LogP contribution in [0.2, 0.25) is 0 Å². The molecule has 1 amide bonds. The Labute approximate surface area is 95.8 Å². The van der Waals surface area contributed by atoms with Crippen LogP contribution in [0.3, 0.4) is 0 Å². The van der Waals surface area contributed by atoms with E-state index in [4.69, 9.17) is 18.0 Å². The lowest BCUT2D eigenvalue weighted by Gasteiger charge is -2.17. The molecule has 2 saturated carbocycles. The van der Waals surface area contributed by atoms with Crippen LogP contribution in [0.25, 0.3) is 0 Å². The molecule has 0 saturated heterocycles. The first-order valence-corrected chi connectivity index (χ1v) is 6.03. The van der Waals surface area contributed by atoms with Gasteiger partial charge in [-0.15, -0.1) is 0 Å². The maximum Gasteiger partial charge on any atom is 0.229 e. The number of carbonyl (C=O) groups is 1. The predicted molar refractivity (Wildman–Crippen MR) is 63.4 cm³/mol. The van der Waals surface area contributed by atoms with E-state index in [0.717, 1.165) is 12.5 Å². The van der Waals surface area contributed by atoms with E-state index in [-0.39, 0.29) is 16.8 Å². The predicted octanol–water partition coefficient (Wildman–Crippen LogP) is 1.22. The highest BCUT2D eigenvalue weighted by molar-refractivity contribution is 7.80. The van der Waals surface area contributed by atoms with Crippen molar-refractivity contribution >= 4 is 23.1 Å². The second-order valence-electron chi connectivity index (χ2n) is 4.98. The lowest BCUT2D eigenvalue weighted by molar-refractivity contribution is -0.122. The van der Waals surface area contributed by atoms with Gasteiger partial charge in [-0.2, -0.15) is 0 Å². The quantitative estimate of drug-likeness (QED) is 0.693. The maximum absolute atomic E-state index is 11.6. The number of nitrogens with two attached hydrogens (primary N) is 1. The summed E-state index contributed by atoms with van der Waals surface area (Å²) in [5.74, 6) is 0.516. The summed E-state index contributed by atoms with van der Waals surface area (Å²) in [6, 6.07) is 0. The Morgan fingerprint density at radius 3 is 2.60 bits per heavy atom. The fourth-order valence-electron chi connectivity index (χ4n) is 2.13. The summed E-state index contributed by atoms with van der Waals surface area (Å²) in [4.78, 5) is 11.9. The van der Waals surface area contributed by atoms with Gasteiger partial charge in [0.1, 0.15) is 0 Å². The summed E-state index contributed by atoms with van der Waals surface area (Å²) in [5, 5.41) is 2.98. The van der Waals surface area contributed by atoms with Crippen LogP contribution in [0.5, 0.6) is 0 Å². The summed E-state index contributed by atoms with van der Waals surface area (Å²) < 4.78 is 0. The Hall–Kier alpha value is -0.640. The number of amides is 1. The van der Waals surface area contributed by atoms with Gasteiger partial charge >= 0.3 is 0 Å². The molecule has 15 heavy (non-hydrogen) atoms. The lowest BCUT2D eigenvalue weighted by atomic mass is 10.0. The molecule has 3 nitrogen and oxygen atoms in total. The van der Waals surface area contributed by atoms with E-state index in [0.29, 0.717) is 5.41 Å². The molecule has 1 unspecified atom stereocenters. The fraction of sp³-hybridized carbons (Fsp3) is 0.818. The van der Waals surface area contributed by atoms with Crippen LogP contribution in [0.4, 0.5) is 0 Å². The smallest absolute Gasteiger partial charge is 0.229 e. The maximum atomic E-state index is 11.6. The van der Waals surface area contributed by atoms with Crippen LogP contribution >= 0.6 is 12.2 Å². The molecule has 2 rings (SSSR count). The van der Waals surface area contributed by atoms with Gasteiger partial charge in [-0.05, 0) is 43.9 Å². The fourth-order valence-corrected chi connectivity index (χ4v) is 2.24. The third kappa shape index (κ3) is 2.30. The molecule has 1 atom stereocenters. The Bertz CT molecular complexity index is 295. The van der Waals surface area contributed by atoms with E-state index >= 15 is 0 Å². The zero-order chi connectivity index (χ0) is 11.1. The van der Waals surface area contributed by atoms with Crippen molar-refractivity contribution in [2.75, 3.05) is 6.54 Å². The Morgan fingerprint density at radius 2 is 2.20 bits per heavy atom. The van der Waals surface area contributed by atoms with Crippen molar-refractivity contribution in [2.24, 2.45) is 23.0 Å². The first kappa shape index (κ1) is 10.9. The summed E-state index contributed by atoms with van der Waals surface area (Å²) in [6.45, 7) is 2.58. The molecule has 2 aliphatic carbocycles. The van der Waals surface area contributed by atoms with Crippen molar-refractivity contribution in [2.45, 2.75) is 32.6 Å². The van der Waals surface area contributed by atoms with Crippen molar-refractivity contribution in [3.63, 3.8) is 0 Å². The average molecular weight is 226 g/mol. The van der Waals surface area contributed by atoms with E-state index in [1.54, 1.807) is 6.92 Å². The van der Waals surface area contributed by atoms with Crippen molar-refractivity contribution in [3.05, 3.63) is 0 Å². The minimum absolute atomic E-state index is 0.0191. The van der Waals surface area contributed by atoms with Gasteiger partial charge in [0, 0.05) is 6.54 Å². The molecular formula is C11H18N2OS. The number of hydrogen-bond donors (Lipinski definition) is 2. The summed E-state index contributed by atoms with van der Waals surface area (Å²) in [7, 11) is 0. The summed E-state index contributed by atoms with van der Waals surface area (Å²) >= 11 is 4.80. The van der Waals surface area contributed by atoms with E-state index in [1.807, 2.05) is 0 Å². The van der Waals surface area contributed by atoms with Gasteiger partial charge in [0.15, 0.2) is 0 Å². The molecule has 84 valence electrons.